The van der Waals surface area contributed by atoms with Gasteiger partial charge in [0.05, 0.1) is 12.8 Å². The standard InChI is InChI=1S/C9H8FN3O/c1-14-9-4-7(2-3-8(9)10)13-6-11-5-12-13/h2-6H,1H3. The molecule has 0 unspecified atom stereocenters. The lowest BCUT2D eigenvalue weighted by molar-refractivity contribution is 0.386. The van der Waals surface area contributed by atoms with Gasteiger partial charge in [0.25, 0.3) is 0 Å². The molecule has 1 aromatic carbocycles. The summed E-state index contributed by atoms with van der Waals surface area (Å²) >= 11 is 0. The molecule has 1 aromatic heterocycles. The quantitative estimate of drug-likeness (QED) is 0.724. The van der Waals surface area contributed by atoms with Crippen LogP contribution in [0, 0.1) is 5.82 Å². The highest BCUT2D eigenvalue weighted by Crippen LogP contribution is 2.19. The Morgan fingerprint density at radius 1 is 1.43 bits per heavy atom. The van der Waals surface area contributed by atoms with E-state index in [2.05, 4.69) is 10.1 Å². The molecular weight excluding hydrogens is 185 g/mol. The summed E-state index contributed by atoms with van der Waals surface area (Å²) in [7, 11) is 1.42. The summed E-state index contributed by atoms with van der Waals surface area (Å²) in [6.45, 7) is 0. The van der Waals surface area contributed by atoms with Gasteiger partial charge >= 0.3 is 0 Å². The van der Waals surface area contributed by atoms with Gasteiger partial charge in [-0.3, -0.25) is 0 Å². The Morgan fingerprint density at radius 2 is 2.29 bits per heavy atom. The summed E-state index contributed by atoms with van der Waals surface area (Å²) in [5.74, 6) is -0.200. The minimum Gasteiger partial charge on any atom is -0.494 e. The van der Waals surface area contributed by atoms with E-state index < -0.39 is 5.82 Å². The average Bonchev–Trinajstić information content (AvgIpc) is 2.71. The number of halogens is 1. The molecule has 4 nitrogen and oxygen atoms in total. The Balaban J connectivity index is 2.46. The van der Waals surface area contributed by atoms with Crippen LogP contribution < -0.4 is 4.74 Å². The second-order valence-corrected chi connectivity index (χ2v) is 2.66. The lowest BCUT2D eigenvalue weighted by Gasteiger charge is -2.04. The van der Waals surface area contributed by atoms with Crippen molar-refractivity contribution in [1.82, 2.24) is 14.8 Å². The highest BCUT2D eigenvalue weighted by molar-refractivity contribution is 5.39. The van der Waals surface area contributed by atoms with Gasteiger partial charge in [0, 0.05) is 6.07 Å². The van der Waals surface area contributed by atoms with Crippen molar-refractivity contribution in [3.05, 3.63) is 36.7 Å². The molecule has 14 heavy (non-hydrogen) atoms. The third-order valence-corrected chi connectivity index (χ3v) is 1.82. The molecule has 0 amide bonds. The molecular formula is C9H8FN3O. The highest BCUT2D eigenvalue weighted by Gasteiger charge is 2.04. The van der Waals surface area contributed by atoms with Gasteiger partial charge in [-0.1, -0.05) is 0 Å². The molecule has 1 heterocycles. The largest absolute Gasteiger partial charge is 0.494 e. The normalized spacial score (nSPS) is 10.1. The van der Waals surface area contributed by atoms with Crippen LogP contribution in [0.3, 0.4) is 0 Å². The third kappa shape index (κ3) is 1.44. The first kappa shape index (κ1) is 8.68. The Morgan fingerprint density at radius 3 is 2.93 bits per heavy atom. The molecule has 0 saturated carbocycles. The van der Waals surface area contributed by atoms with Crippen molar-refractivity contribution < 1.29 is 9.13 Å². The Labute approximate surface area is 80.0 Å². The third-order valence-electron chi connectivity index (χ3n) is 1.82. The topological polar surface area (TPSA) is 39.9 Å². The van der Waals surface area contributed by atoms with Crippen molar-refractivity contribution in [2.24, 2.45) is 0 Å². The first-order valence-electron chi connectivity index (χ1n) is 4.00. The molecule has 0 atom stereocenters. The molecule has 0 spiro atoms. The molecule has 0 radical (unpaired) electrons. The van der Waals surface area contributed by atoms with Gasteiger partial charge in [-0.15, -0.1) is 0 Å². The first-order chi connectivity index (χ1) is 6.81. The number of rotatable bonds is 2. The lowest BCUT2D eigenvalue weighted by atomic mass is 10.3. The smallest absolute Gasteiger partial charge is 0.165 e. The van der Waals surface area contributed by atoms with Crippen LogP contribution in [0.4, 0.5) is 4.39 Å². The van der Waals surface area contributed by atoms with Crippen molar-refractivity contribution in [3.63, 3.8) is 0 Å². The molecule has 0 fully saturated rings. The van der Waals surface area contributed by atoms with Crippen molar-refractivity contribution in [2.45, 2.75) is 0 Å². The maximum absolute atomic E-state index is 13.0. The highest BCUT2D eigenvalue weighted by atomic mass is 19.1. The monoisotopic (exact) mass is 193 g/mol. The van der Waals surface area contributed by atoms with Gasteiger partial charge in [-0.05, 0) is 12.1 Å². The summed E-state index contributed by atoms with van der Waals surface area (Å²) in [6.07, 6.45) is 2.95. The first-order valence-corrected chi connectivity index (χ1v) is 4.00. The fraction of sp³-hybridized carbons (Fsp3) is 0.111. The summed E-state index contributed by atoms with van der Waals surface area (Å²) in [6, 6.07) is 4.49. The number of hydrogen-bond donors (Lipinski definition) is 0. The fourth-order valence-corrected chi connectivity index (χ4v) is 1.13. The van der Waals surface area contributed by atoms with E-state index in [4.69, 9.17) is 4.74 Å². The maximum Gasteiger partial charge on any atom is 0.165 e. The molecule has 5 heteroatoms. The summed E-state index contributed by atoms with van der Waals surface area (Å²) in [5.41, 5.74) is 0.709. The van der Waals surface area contributed by atoms with Crippen LogP contribution in [0.25, 0.3) is 5.69 Å². The minimum absolute atomic E-state index is 0.193. The lowest BCUT2D eigenvalue weighted by Crippen LogP contribution is -1.96. The van der Waals surface area contributed by atoms with Crippen LogP contribution >= 0.6 is 0 Å². The molecule has 2 aromatic rings. The van der Waals surface area contributed by atoms with Crippen LogP contribution in [-0.4, -0.2) is 21.9 Å². The van der Waals surface area contributed by atoms with Crippen LogP contribution in [-0.2, 0) is 0 Å². The Bertz CT molecular complexity index is 428. The maximum atomic E-state index is 13.0. The van der Waals surface area contributed by atoms with E-state index in [0.29, 0.717) is 5.69 Å². The molecule has 0 aliphatic heterocycles. The summed E-state index contributed by atoms with van der Waals surface area (Å²) < 4.78 is 19.4. The van der Waals surface area contributed by atoms with Crippen molar-refractivity contribution in [2.75, 3.05) is 7.11 Å². The fourth-order valence-electron chi connectivity index (χ4n) is 1.13. The Hall–Kier alpha value is -1.91. The van der Waals surface area contributed by atoms with E-state index in [1.165, 1.54) is 30.5 Å². The molecule has 72 valence electrons. The minimum atomic E-state index is -0.392. The molecule has 0 aliphatic rings. The van der Waals surface area contributed by atoms with E-state index in [9.17, 15) is 4.39 Å². The van der Waals surface area contributed by atoms with E-state index in [-0.39, 0.29) is 5.75 Å². The van der Waals surface area contributed by atoms with Crippen LogP contribution in [0.15, 0.2) is 30.9 Å². The second kappa shape index (κ2) is 3.45. The van der Waals surface area contributed by atoms with Crippen LogP contribution in [0.2, 0.25) is 0 Å². The van der Waals surface area contributed by atoms with E-state index in [1.54, 1.807) is 12.1 Å². The van der Waals surface area contributed by atoms with Gasteiger partial charge in [0.1, 0.15) is 12.7 Å². The van der Waals surface area contributed by atoms with E-state index >= 15 is 0 Å². The summed E-state index contributed by atoms with van der Waals surface area (Å²) in [4.78, 5) is 3.79. The SMILES string of the molecule is COc1cc(-n2cncn2)ccc1F. The van der Waals surface area contributed by atoms with E-state index in [1.807, 2.05) is 0 Å². The summed E-state index contributed by atoms with van der Waals surface area (Å²) in [5, 5.41) is 3.92. The van der Waals surface area contributed by atoms with Crippen molar-refractivity contribution in [3.8, 4) is 11.4 Å². The molecule has 0 bridgehead atoms. The van der Waals surface area contributed by atoms with Gasteiger partial charge in [-0.2, -0.15) is 5.10 Å². The number of benzene rings is 1. The average molecular weight is 193 g/mol. The zero-order valence-corrected chi connectivity index (χ0v) is 7.51. The Kier molecular flexibility index (Phi) is 2.14. The van der Waals surface area contributed by atoms with Crippen molar-refractivity contribution >= 4 is 0 Å². The van der Waals surface area contributed by atoms with Gasteiger partial charge in [0.15, 0.2) is 11.6 Å². The number of hydrogen-bond acceptors (Lipinski definition) is 3. The van der Waals surface area contributed by atoms with Crippen molar-refractivity contribution in [1.29, 1.82) is 0 Å². The molecule has 0 N–H and O–H groups in total. The van der Waals surface area contributed by atoms with E-state index in [0.717, 1.165) is 0 Å². The van der Waals surface area contributed by atoms with Crippen LogP contribution in [0.5, 0.6) is 5.75 Å². The predicted octanol–water partition coefficient (Wildman–Crippen LogP) is 1.41. The molecule has 0 saturated heterocycles. The molecule has 0 aliphatic carbocycles. The van der Waals surface area contributed by atoms with Gasteiger partial charge in [-0.25, -0.2) is 14.1 Å². The number of aromatic nitrogens is 3. The zero-order chi connectivity index (χ0) is 9.97. The zero-order valence-electron chi connectivity index (χ0n) is 7.51. The molecule has 2 rings (SSSR count). The number of methoxy groups -OCH3 is 1. The number of ether oxygens (including phenoxy) is 1. The van der Waals surface area contributed by atoms with Gasteiger partial charge in [0.2, 0.25) is 0 Å². The second-order valence-electron chi connectivity index (χ2n) is 2.66. The predicted molar refractivity (Wildman–Crippen MR) is 47.9 cm³/mol. The number of nitrogens with zero attached hydrogens (tertiary/aromatic N) is 3. The van der Waals surface area contributed by atoms with Gasteiger partial charge < -0.3 is 4.74 Å². The van der Waals surface area contributed by atoms with Crippen LogP contribution in [0.1, 0.15) is 0 Å².